The molecule has 70 valence electrons. The van der Waals surface area contributed by atoms with Gasteiger partial charge in [-0.15, -0.1) is 0 Å². The van der Waals surface area contributed by atoms with Gasteiger partial charge in [0.2, 0.25) is 0 Å². The Kier molecular flexibility index (Phi) is 3.30. The van der Waals surface area contributed by atoms with Crippen molar-refractivity contribution in [3.8, 4) is 0 Å². The molecule has 3 aromatic rings. The van der Waals surface area contributed by atoms with Gasteiger partial charge in [0, 0.05) is 0 Å². The molecule has 15 heavy (non-hydrogen) atoms. The van der Waals surface area contributed by atoms with E-state index in [4.69, 9.17) is 0 Å². The molecule has 0 bridgehead atoms. The third-order valence-corrected chi connectivity index (χ3v) is 2.61. The first-order valence-electron chi connectivity index (χ1n) is 4.81. The number of hydrogen-bond donors (Lipinski definition) is 0. The molecule has 1 heteroatoms. The summed E-state index contributed by atoms with van der Waals surface area (Å²) >= 11 is 0. The minimum atomic E-state index is 0. The van der Waals surface area contributed by atoms with Crippen LogP contribution in [-0.2, 0) is 0 Å². The molecular formula is C14H12Ca. The zero-order chi connectivity index (χ0) is 9.38. The SMILES string of the molecule is [CaH2].c1ccc2cc3ccccc3cc2c1. The zero-order valence-electron chi connectivity index (χ0n) is 7.77. The number of hydrogen-bond acceptors (Lipinski definition) is 0. The topological polar surface area (TPSA) is 0 Å². The maximum absolute atomic E-state index is 2.24. The molecular weight excluding hydrogens is 208 g/mol. The van der Waals surface area contributed by atoms with Crippen molar-refractivity contribution in [1.82, 2.24) is 0 Å². The van der Waals surface area contributed by atoms with Crippen molar-refractivity contribution >= 4 is 59.3 Å². The van der Waals surface area contributed by atoms with Crippen LogP contribution < -0.4 is 0 Å². The molecule has 0 radical (unpaired) electrons. The quantitative estimate of drug-likeness (QED) is 0.403. The Morgan fingerprint density at radius 3 is 1.00 bits per heavy atom. The van der Waals surface area contributed by atoms with Crippen LogP contribution in [0.25, 0.3) is 21.5 Å². The maximum Gasteiger partial charge on any atom is -0.0178 e. The van der Waals surface area contributed by atoms with E-state index in [9.17, 15) is 0 Å². The Morgan fingerprint density at radius 1 is 0.467 bits per heavy atom. The number of fused-ring (bicyclic) bond motifs is 2. The maximum atomic E-state index is 2.24. The molecule has 0 atom stereocenters. The van der Waals surface area contributed by atoms with Crippen LogP contribution in [0.5, 0.6) is 0 Å². The van der Waals surface area contributed by atoms with Gasteiger partial charge in [-0.3, -0.25) is 0 Å². The third-order valence-electron chi connectivity index (χ3n) is 2.61. The van der Waals surface area contributed by atoms with Gasteiger partial charge in [0.15, 0.2) is 0 Å². The second kappa shape index (κ2) is 4.52. The van der Waals surface area contributed by atoms with Gasteiger partial charge in [-0.25, -0.2) is 0 Å². The Bertz CT molecular complexity index is 494. The van der Waals surface area contributed by atoms with Crippen molar-refractivity contribution in [2.24, 2.45) is 0 Å². The summed E-state index contributed by atoms with van der Waals surface area (Å²) in [7, 11) is 0. The predicted octanol–water partition coefficient (Wildman–Crippen LogP) is 3.08. The van der Waals surface area contributed by atoms with Crippen LogP contribution in [0.2, 0.25) is 0 Å². The fourth-order valence-electron chi connectivity index (χ4n) is 1.88. The fraction of sp³-hybridized carbons (Fsp3) is 0. The van der Waals surface area contributed by atoms with Crippen LogP contribution in [0.4, 0.5) is 0 Å². The van der Waals surface area contributed by atoms with Gasteiger partial charge in [0.05, 0.1) is 0 Å². The van der Waals surface area contributed by atoms with Gasteiger partial charge in [0.25, 0.3) is 0 Å². The van der Waals surface area contributed by atoms with Crippen molar-refractivity contribution in [1.29, 1.82) is 0 Å². The molecule has 0 saturated heterocycles. The van der Waals surface area contributed by atoms with Gasteiger partial charge in [0.1, 0.15) is 0 Å². The first-order chi connectivity index (χ1) is 6.93. The van der Waals surface area contributed by atoms with Gasteiger partial charge >= 0.3 is 37.7 Å². The summed E-state index contributed by atoms with van der Waals surface area (Å²) in [5.41, 5.74) is 0. The minimum Gasteiger partial charge on any atom is -0.0616 e. The van der Waals surface area contributed by atoms with Crippen LogP contribution >= 0.6 is 0 Å². The minimum absolute atomic E-state index is 0. The molecule has 0 aromatic heterocycles. The standard InChI is InChI=1S/C14H10.Ca.2H/c1-2-6-12-10-14-8-4-3-7-13(14)9-11(12)5-1;;;/h1-10H;;;. The van der Waals surface area contributed by atoms with Gasteiger partial charge in [-0.2, -0.15) is 0 Å². The molecule has 3 rings (SSSR count). The Morgan fingerprint density at radius 2 is 0.733 bits per heavy atom. The van der Waals surface area contributed by atoms with Crippen molar-refractivity contribution < 1.29 is 0 Å². The average molecular weight is 220 g/mol. The molecule has 0 spiro atoms. The summed E-state index contributed by atoms with van der Waals surface area (Å²) in [4.78, 5) is 0. The van der Waals surface area contributed by atoms with E-state index >= 15 is 0 Å². The molecule has 0 aliphatic heterocycles. The van der Waals surface area contributed by atoms with E-state index in [1.54, 1.807) is 0 Å². The molecule has 0 saturated carbocycles. The first kappa shape index (κ1) is 10.9. The Hall–Kier alpha value is -0.560. The van der Waals surface area contributed by atoms with Crippen LogP contribution in [0, 0.1) is 0 Å². The van der Waals surface area contributed by atoms with E-state index in [-0.39, 0.29) is 37.7 Å². The smallest absolute Gasteiger partial charge is 0.0178 e. The van der Waals surface area contributed by atoms with Crippen LogP contribution in [0.3, 0.4) is 0 Å². The summed E-state index contributed by atoms with van der Waals surface area (Å²) in [5, 5.41) is 5.25. The Labute approximate surface area is 119 Å². The summed E-state index contributed by atoms with van der Waals surface area (Å²) < 4.78 is 0. The summed E-state index contributed by atoms with van der Waals surface area (Å²) in [5.74, 6) is 0. The third kappa shape index (κ3) is 2.03. The predicted molar refractivity (Wildman–Crippen MR) is 70.0 cm³/mol. The van der Waals surface area contributed by atoms with Crippen molar-refractivity contribution in [2.75, 3.05) is 0 Å². The molecule has 0 aliphatic rings. The van der Waals surface area contributed by atoms with Crippen LogP contribution in [-0.4, -0.2) is 37.7 Å². The molecule has 0 aliphatic carbocycles. The van der Waals surface area contributed by atoms with Crippen molar-refractivity contribution in [2.45, 2.75) is 0 Å². The average Bonchev–Trinajstić information content (AvgIpc) is 2.26. The molecule has 0 fully saturated rings. The molecule has 0 heterocycles. The van der Waals surface area contributed by atoms with Crippen molar-refractivity contribution in [3.63, 3.8) is 0 Å². The van der Waals surface area contributed by atoms with Crippen LogP contribution in [0.15, 0.2) is 60.7 Å². The van der Waals surface area contributed by atoms with E-state index in [0.29, 0.717) is 0 Å². The van der Waals surface area contributed by atoms with E-state index in [2.05, 4.69) is 60.7 Å². The van der Waals surface area contributed by atoms with Gasteiger partial charge in [-0.05, 0) is 33.7 Å². The van der Waals surface area contributed by atoms with E-state index in [1.807, 2.05) is 0 Å². The monoisotopic (exact) mass is 220 g/mol. The Balaban J connectivity index is 0.000000853. The summed E-state index contributed by atoms with van der Waals surface area (Å²) in [6.07, 6.45) is 0. The second-order valence-corrected chi connectivity index (χ2v) is 3.55. The molecule has 3 aromatic carbocycles. The van der Waals surface area contributed by atoms with Crippen LogP contribution in [0.1, 0.15) is 0 Å². The normalized spacial score (nSPS) is 10.1. The second-order valence-electron chi connectivity index (χ2n) is 3.55. The van der Waals surface area contributed by atoms with E-state index in [1.165, 1.54) is 21.5 Å². The molecule has 0 amide bonds. The van der Waals surface area contributed by atoms with Gasteiger partial charge in [-0.1, -0.05) is 48.5 Å². The molecule has 0 nitrogen and oxygen atoms in total. The molecule has 0 unspecified atom stereocenters. The molecule has 0 N–H and O–H groups in total. The van der Waals surface area contributed by atoms with E-state index < -0.39 is 0 Å². The van der Waals surface area contributed by atoms with E-state index in [0.717, 1.165) is 0 Å². The van der Waals surface area contributed by atoms with Gasteiger partial charge < -0.3 is 0 Å². The largest absolute Gasteiger partial charge is 0.0616 e. The summed E-state index contributed by atoms with van der Waals surface area (Å²) in [6, 6.07) is 21.4. The van der Waals surface area contributed by atoms with Crippen molar-refractivity contribution in [3.05, 3.63) is 60.7 Å². The zero-order valence-corrected chi connectivity index (χ0v) is 7.77. The summed E-state index contributed by atoms with van der Waals surface area (Å²) in [6.45, 7) is 0. The number of rotatable bonds is 0. The number of benzene rings is 3. The first-order valence-corrected chi connectivity index (χ1v) is 4.81. The fourth-order valence-corrected chi connectivity index (χ4v) is 1.88.